The van der Waals surface area contributed by atoms with Gasteiger partial charge < -0.3 is 0 Å². The molecule has 0 spiro atoms. The number of alkyl halides is 3. The molecular formula is C18H17F3N2O2S. The molecule has 26 heavy (non-hydrogen) atoms. The van der Waals surface area contributed by atoms with E-state index in [-0.39, 0.29) is 10.5 Å². The van der Waals surface area contributed by atoms with Crippen LogP contribution in [0.25, 0.3) is 11.1 Å². The summed E-state index contributed by atoms with van der Waals surface area (Å²) < 4.78 is 61.4. The van der Waals surface area contributed by atoms with Crippen LogP contribution < -0.4 is 5.14 Å². The lowest BCUT2D eigenvalue weighted by molar-refractivity contribution is -0.141. The number of nitrogens with zero attached hydrogens (tertiary/aromatic N) is 1. The van der Waals surface area contributed by atoms with Crippen LogP contribution in [0.2, 0.25) is 0 Å². The van der Waals surface area contributed by atoms with E-state index in [2.05, 4.69) is 4.98 Å². The van der Waals surface area contributed by atoms with Gasteiger partial charge in [0.15, 0.2) is 0 Å². The number of allylic oxidation sites excluding steroid dienone is 2. The van der Waals surface area contributed by atoms with Crippen molar-refractivity contribution in [3.63, 3.8) is 0 Å². The second-order valence-electron chi connectivity index (χ2n) is 6.27. The summed E-state index contributed by atoms with van der Waals surface area (Å²) in [6.45, 7) is 1.40. The number of aryl methyl sites for hydroxylation is 1. The molecule has 4 nitrogen and oxygen atoms in total. The van der Waals surface area contributed by atoms with Crippen LogP contribution in [0.15, 0.2) is 41.4 Å². The van der Waals surface area contributed by atoms with Crippen molar-refractivity contribution in [1.82, 2.24) is 4.98 Å². The van der Waals surface area contributed by atoms with E-state index < -0.39 is 21.9 Å². The minimum atomic E-state index is -4.47. The molecule has 8 heteroatoms. The fourth-order valence-electron chi connectivity index (χ4n) is 3.26. The van der Waals surface area contributed by atoms with Gasteiger partial charge in [-0.2, -0.15) is 13.2 Å². The Hall–Kier alpha value is -2.19. The number of sulfonamides is 1. The Morgan fingerprint density at radius 1 is 1.04 bits per heavy atom. The largest absolute Gasteiger partial charge is 0.433 e. The van der Waals surface area contributed by atoms with Gasteiger partial charge in [0, 0.05) is 6.20 Å². The molecule has 2 aromatic rings. The van der Waals surface area contributed by atoms with Gasteiger partial charge in [-0.1, -0.05) is 12.1 Å². The summed E-state index contributed by atoms with van der Waals surface area (Å²) in [5.74, 6) is 0. The predicted molar refractivity (Wildman–Crippen MR) is 92.5 cm³/mol. The molecule has 0 radical (unpaired) electrons. The average molecular weight is 382 g/mol. The third kappa shape index (κ3) is 3.66. The van der Waals surface area contributed by atoms with Crippen molar-refractivity contribution in [2.75, 3.05) is 0 Å². The van der Waals surface area contributed by atoms with E-state index in [1.807, 2.05) is 0 Å². The number of rotatable bonds is 3. The first-order valence-corrected chi connectivity index (χ1v) is 9.51. The molecule has 1 aromatic heterocycles. The van der Waals surface area contributed by atoms with Crippen LogP contribution in [0.5, 0.6) is 0 Å². The second kappa shape index (κ2) is 6.51. The maximum atomic E-state index is 12.9. The van der Waals surface area contributed by atoms with Gasteiger partial charge in [0.1, 0.15) is 5.69 Å². The standard InChI is InChI=1S/C18H17F3N2O2S/c1-11-9-13(10-23-17(11)18(19,20)21)16-4-2-3-15(16)12-5-7-14(8-6-12)26(22,24)25/h5-10H,2-4H2,1H3,(H2,22,24,25). The summed E-state index contributed by atoms with van der Waals surface area (Å²) in [5.41, 5.74) is 2.64. The zero-order valence-corrected chi connectivity index (χ0v) is 14.8. The van der Waals surface area contributed by atoms with Gasteiger partial charge in [-0.05, 0) is 72.2 Å². The van der Waals surface area contributed by atoms with Crippen LogP contribution in [0.3, 0.4) is 0 Å². The van der Waals surface area contributed by atoms with Gasteiger partial charge in [0.05, 0.1) is 4.90 Å². The van der Waals surface area contributed by atoms with Crippen LogP contribution in [-0.4, -0.2) is 13.4 Å². The van der Waals surface area contributed by atoms with Crippen molar-refractivity contribution >= 4 is 21.2 Å². The van der Waals surface area contributed by atoms with Crippen LogP contribution in [-0.2, 0) is 16.2 Å². The summed E-state index contributed by atoms with van der Waals surface area (Å²) in [5, 5.41) is 5.10. The molecule has 0 bridgehead atoms. The van der Waals surface area contributed by atoms with E-state index in [0.29, 0.717) is 5.56 Å². The summed E-state index contributed by atoms with van der Waals surface area (Å²) in [6, 6.07) is 7.72. The molecule has 0 atom stereocenters. The van der Waals surface area contributed by atoms with Gasteiger partial charge >= 0.3 is 6.18 Å². The summed E-state index contributed by atoms with van der Waals surface area (Å²) in [6.07, 6.45) is -0.835. The normalized spacial score (nSPS) is 15.6. The van der Waals surface area contributed by atoms with Crippen LogP contribution >= 0.6 is 0 Å². The van der Waals surface area contributed by atoms with Gasteiger partial charge in [0.2, 0.25) is 10.0 Å². The van der Waals surface area contributed by atoms with E-state index in [0.717, 1.165) is 36.0 Å². The first-order chi connectivity index (χ1) is 12.1. The lowest BCUT2D eigenvalue weighted by atomic mass is 9.97. The highest BCUT2D eigenvalue weighted by molar-refractivity contribution is 7.89. The zero-order valence-electron chi connectivity index (χ0n) is 14.0. The second-order valence-corrected chi connectivity index (χ2v) is 7.83. The van der Waals surface area contributed by atoms with E-state index in [1.54, 1.807) is 12.1 Å². The maximum absolute atomic E-state index is 12.9. The monoisotopic (exact) mass is 382 g/mol. The third-order valence-electron chi connectivity index (χ3n) is 4.44. The first kappa shape index (κ1) is 18.6. The fourth-order valence-corrected chi connectivity index (χ4v) is 3.78. The number of benzene rings is 1. The van der Waals surface area contributed by atoms with Gasteiger partial charge in [0.25, 0.3) is 0 Å². The molecule has 1 aliphatic rings. The van der Waals surface area contributed by atoms with Crippen molar-refractivity contribution in [1.29, 1.82) is 0 Å². The molecule has 0 amide bonds. The van der Waals surface area contributed by atoms with E-state index in [4.69, 9.17) is 5.14 Å². The fraction of sp³-hybridized carbons (Fsp3) is 0.278. The zero-order chi connectivity index (χ0) is 19.1. The van der Waals surface area contributed by atoms with Crippen molar-refractivity contribution in [3.05, 3.63) is 58.9 Å². The Morgan fingerprint density at radius 3 is 2.12 bits per heavy atom. The molecule has 0 unspecified atom stereocenters. The minimum absolute atomic E-state index is 0.0217. The van der Waals surface area contributed by atoms with Crippen LogP contribution in [0, 0.1) is 6.92 Å². The van der Waals surface area contributed by atoms with Gasteiger partial charge in [-0.25, -0.2) is 13.6 Å². The van der Waals surface area contributed by atoms with Crippen molar-refractivity contribution in [2.45, 2.75) is 37.3 Å². The molecule has 0 aliphatic heterocycles. The molecule has 2 N–H and O–H groups in total. The number of hydrogen-bond donors (Lipinski definition) is 1. The average Bonchev–Trinajstić information content (AvgIpc) is 3.02. The minimum Gasteiger partial charge on any atom is -0.251 e. The molecule has 0 saturated carbocycles. The summed E-state index contributed by atoms with van der Waals surface area (Å²) >= 11 is 0. The molecule has 0 fully saturated rings. The van der Waals surface area contributed by atoms with E-state index in [9.17, 15) is 21.6 Å². The Morgan fingerprint density at radius 2 is 1.62 bits per heavy atom. The van der Waals surface area contributed by atoms with Crippen molar-refractivity contribution in [2.24, 2.45) is 5.14 Å². The smallest absolute Gasteiger partial charge is 0.251 e. The quantitative estimate of drug-likeness (QED) is 0.867. The molecule has 1 aromatic carbocycles. The number of aromatic nitrogens is 1. The molecule has 0 saturated heterocycles. The molecule has 1 aliphatic carbocycles. The lowest BCUT2D eigenvalue weighted by Gasteiger charge is -2.13. The lowest BCUT2D eigenvalue weighted by Crippen LogP contribution is -2.11. The first-order valence-electron chi connectivity index (χ1n) is 7.97. The number of halogens is 3. The topological polar surface area (TPSA) is 73.1 Å². The number of pyridine rings is 1. The highest BCUT2D eigenvalue weighted by Gasteiger charge is 2.34. The number of primary sulfonamides is 1. The third-order valence-corrected chi connectivity index (χ3v) is 5.37. The molecular weight excluding hydrogens is 365 g/mol. The van der Waals surface area contributed by atoms with E-state index in [1.165, 1.54) is 31.3 Å². The van der Waals surface area contributed by atoms with Gasteiger partial charge in [-0.3, -0.25) is 4.98 Å². The molecule has 1 heterocycles. The predicted octanol–water partition coefficient (Wildman–Crippen LogP) is 4.15. The summed E-state index contributed by atoms with van der Waals surface area (Å²) in [7, 11) is -3.77. The molecule has 138 valence electrons. The van der Waals surface area contributed by atoms with E-state index >= 15 is 0 Å². The molecule has 3 rings (SSSR count). The highest BCUT2D eigenvalue weighted by atomic mass is 32.2. The maximum Gasteiger partial charge on any atom is 0.433 e. The Balaban J connectivity index is 2.02. The Bertz CT molecular complexity index is 978. The Kier molecular flexibility index (Phi) is 4.66. The van der Waals surface area contributed by atoms with Crippen LogP contribution in [0.4, 0.5) is 13.2 Å². The van der Waals surface area contributed by atoms with Crippen molar-refractivity contribution < 1.29 is 21.6 Å². The summed E-state index contributed by atoms with van der Waals surface area (Å²) in [4.78, 5) is 3.64. The number of hydrogen-bond acceptors (Lipinski definition) is 3. The van der Waals surface area contributed by atoms with Crippen LogP contribution in [0.1, 0.15) is 41.6 Å². The highest BCUT2D eigenvalue weighted by Crippen LogP contribution is 2.40. The van der Waals surface area contributed by atoms with Crippen molar-refractivity contribution in [3.8, 4) is 0 Å². The number of nitrogens with two attached hydrogens (primary N) is 1. The SMILES string of the molecule is Cc1cc(C2=C(c3ccc(S(N)(=O)=O)cc3)CCC2)cnc1C(F)(F)F. The Labute approximate surface area is 149 Å². The van der Waals surface area contributed by atoms with Gasteiger partial charge in [-0.15, -0.1) is 0 Å².